The van der Waals surface area contributed by atoms with Crippen molar-refractivity contribution in [2.45, 2.75) is 18.4 Å². The molecule has 0 unspecified atom stereocenters. The minimum atomic E-state index is -0.719. The van der Waals surface area contributed by atoms with E-state index in [9.17, 15) is 18.8 Å². The summed E-state index contributed by atoms with van der Waals surface area (Å²) in [6.45, 7) is 1.43. The number of thioether (sulfide) groups is 1. The number of carbonyl (C=O) groups is 3. The molecular formula is C23H21FN2O5S. The van der Waals surface area contributed by atoms with Gasteiger partial charge in [0, 0.05) is 4.90 Å². The SMILES string of the molecule is Cc1ccc(NC(=O)COC(=O)c2ccccc2SCC(=O)NCc2ccco2)c(F)c1. The molecule has 0 bridgehead atoms. The average molecular weight is 456 g/mol. The fourth-order valence-corrected chi connectivity index (χ4v) is 3.54. The lowest BCUT2D eigenvalue weighted by molar-refractivity contribution is -0.119. The molecule has 0 saturated carbocycles. The first-order chi connectivity index (χ1) is 15.4. The van der Waals surface area contributed by atoms with Gasteiger partial charge in [-0.25, -0.2) is 9.18 Å². The Balaban J connectivity index is 1.50. The lowest BCUT2D eigenvalue weighted by Gasteiger charge is -2.10. The van der Waals surface area contributed by atoms with Gasteiger partial charge in [0.25, 0.3) is 5.91 Å². The van der Waals surface area contributed by atoms with Crippen LogP contribution in [0.1, 0.15) is 21.7 Å². The zero-order valence-corrected chi connectivity index (χ0v) is 18.0. The number of aryl methyl sites for hydroxylation is 1. The van der Waals surface area contributed by atoms with Crippen LogP contribution in [0.5, 0.6) is 0 Å². The van der Waals surface area contributed by atoms with Gasteiger partial charge in [-0.3, -0.25) is 9.59 Å². The van der Waals surface area contributed by atoms with Gasteiger partial charge in [-0.2, -0.15) is 0 Å². The summed E-state index contributed by atoms with van der Waals surface area (Å²) in [5, 5.41) is 5.09. The number of hydrogen-bond acceptors (Lipinski definition) is 6. The molecule has 0 aliphatic heterocycles. The summed E-state index contributed by atoms with van der Waals surface area (Å²) in [5.41, 5.74) is 0.953. The fraction of sp³-hybridized carbons (Fsp3) is 0.174. The molecule has 2 amide bonds. The number of hydrogen-bond donors (Lipinski definition) is 2. The van der Waals surface area contributed by atoms with Gasteiger partial charge in [-0.15, -0.1) is 11.8 Å². The predicted molar refractivity (Wildman–Crippen MR) is 118 cm³/mol. The molecule has 9 heteroatoms. The molecule has 0 aliphatic rings. The molecule has 166 valence electrons. The summed E-state index contributed by atoms with van der Waals surface area (Å²) in [6, 6.07) is 14.5. The predicted octanol–water partition coefficient (Wildman–Crippen LogP) is 3.93. The molecule has 2 aromatic carbocycles. The number of benzene rings is 2. The van der Waals surface area contributed by atoms with Crippen molar-refractivity contribution in [1.29, 1.82) is 0 Å². The maximum Gasteiger partial charge on any atom is 0.339 e. The highest BCUT2D eigenvalue weighted by Gasteiger charge is 2.16. The van der Waals surface area contributed by atoms with Crippen LogP contribution in [-0.4, -0.2) is 30.1 Å². The zero-order chi connectivity index (χ0) is 22.9. The third-order valence-electron chi connectivity index (χ3n) is 4.24. The average Bonchev–Trinajstić information content (AvgIpc) is 3.30. The second-order valence-corrected chi connectivity index (χ2v) is 7.77. The van der Waals surface area contributed by atoms with E-state index in [0.717, 1.165) is 5.56 Å². The quantitative estimate of drug-likeness (QED) is 0.374. The smallest absolute Gasteiger partial charge is 0.339 e. The molecule has 3 rings (SSSR count). The number of halogens is 1. The number of esters is 1. The highest BCUT2D eigenvalue weighted by molar-refractivity contribution is 8.00. The zero-order valence-electron chi connectivity index (χ0n) is 17.2. The van der Waals surface area contributed by atoms with Gasteiger partial charge < -0.3 is 19.8 Å². The highest BCUT2D eigenvalue weighted by Crippen LogP contribution is 2.23. The summed E-state index contributed by atoms with van der Waals surface area (Å²) in [4.78, 5) is 37.1. The van der Waals surface area contributed by atoms with Gasteiger partial charge in [0.2, 0.25) is 5.91 Å². The Labute approximate surface area is 188 Å². The normalized spacial score (nSPS) is 10.4. The standard InChI is InChI=1S/C23H21FN2O5S/c1-15-8-9-19(18(24)11-15)26-21(27)13-31-23(29)17-6-2-3-7-20(17)32-14-22(28)25-12-16-5-4-10-30-16/h2-11H,12-14H2,1H3,(H,25,28)(H,26,27). The molecule has 0 radical (unpaired) electrons. The number of furan rings is 1. The van der Waals surface area contributed by atoms with Crippen LogP contribution < -0.4 is 10.6 Å². The fourth-order valence-electron chi connectivity index (χ4n) is 2.67. The number of nitrogens with one attached hydrogen (secondary N) is 2. The van der Waals surface area contributed by atoms with E-state index in [4.69, 9.17) is 9.15 Å². The van der Waals surface area contributed by atoms with Crippen LogP contribution in [0.25, 0.3) is 0 Å². The van der Waals surface area contributed by atoms with Crippen LogP contribution in [0.4, 0.5) is 10.1 Å². The summed E-state index contributed by atoms with van der Waals surface area (Å²) in [7, 11) is 0. The molecule has 1 heterocycles. The Morgan fingerprint density at radius 2 is 1.88 bits per heavy atom. The van der Waals surface area contributed by atoms with Crippen molar-refractivity contribution >= 4 is 35.2 Å². The number of amides is 2. The molecule has 0 atom stereocenters. The molecule has 7 nitrogen and oxygen atoms in total. The Morgan fingerprint density at radius 3 is 2.62 bits per heavy atom. The van der Waals surface area contributed by atoms with Crippen LogP contribution in [0.15, 0.2) is 70.2 Å². The first-order valence-electron chi connectivity index (χ1n) is 9.66. The van der Waals surface area contributed by atoms with Crippen molar-refractivity contribution < 1.29 is 27.9 Å². The van der Waals surface area contributed by atoms with Gasteiger partial charge in [0.15, 0.2) is 6.61 Å². The minimum Gasteiger partial charge on any atom is -0.467 e. The molecule has 0 fully saturated rings. The van der Waals surface area contributed by atoms with Gasteiger partial charge >= 0.3 is 5.97 Å². The van der Waals surface area contributed by atoms with Crippen molar-refractivity contribution in [2.75, 3.05) is 17.7 Å². The molecule has 2 N–H and O–H groups in total. The first-order valence-corrected chi connectivity index (χ1v) is 10.6. The number of carbonyl (C=O) groups excluding carboxylic acids is 3. The van der Waals surface area contributed by atoms with Crippen molar-refractivity contribution in [3.05, 3.63) is 83.6 Å². The van der Waals surface area contributed by atoms with Gasteiger partial charge in [-0.1, -0.05) is 18.2 Å². The topological polar surface area (TPSA) is 97.6 Å². The van der Waals surface area contributed by atoms with Crippen LogP contribution in [0.2, 0.25) is 0 Å². The van der Waals surface area contributed by atoms with Gasteiger partial charge in [0.1, 0.15) is 11.6 Å². The molecular weight excluding hydrogens is 435 g/mol. The molecule has 0 aliphatic carbocycles. The van der Waals surface area contributed by atoms with Crippen LogP contribution in [0, 0.1) is 12.7 Å². The van der Waals surface area contributed by atoms with E-state index in [1.54, 1.807) is 49.4 Å². The molecule has 1 aromatic heterocycles. The highest BCUT2D eigenvalue weighted by atomic mass is 32.2. The maximum absolute atomic E-state index is 13.8. The summed E-state index contributed by atoms with van der Waals surface area (Å²) in [5.74, 6) is -1.47. The van der Waals surface area contributed by atoms with Gasteiger partial charge in [0.05, 0.1) is 29.8 Å². The van der Waals surface area contributed by atoms with Crippen LogP contribution in [-0.2, 0) is 20.9 Å². The second kappa shape index (κ2) is 11.1. The third kappa shape index (κ3) is 6.71. The Hall–Kier alpha value is -3.59. The van der Waals surface area contributed by atoms with Crippen LogP contribution >= 0.6 is 11.8 Å². The Morgan fingerprint density at radius 1 is 1.06 bits per heavy atom. The molecule has 3 aromatic rings. The molecule has 32 heavy (non-hydrogen) atoms. The summed E-state index contributed by atoms with van der Waals surface area (Å²) >= 11 is 1.17. The number of rotatable bonds is 9. The van der Waals surface area contributed by atoms with Crippen molar-refractivity contribution in [1.82, 2.24) is 5.32 Å². The maximum atomic E-state index is 13.8. The molecule has 0 saturated heterocycles. The van der Waals surface area contributed by atoms with Crippen LogP contribution in [0.3, 0.4) is 0 Å². The third-order valence-corrected chi connectivity index (χ3v) is 5.31. The number of ether oxygens (including phenoxy) is 1. The lowest BCUT2D eigenvalue weighted by Crippen LogP contribution is -2.24. The van der Waals surface area contributed by atoms with E-state index in [2.05, 4.69) is 10.6 Å². The van der Waals surface area contributed by atoms with E-state index in [1.807, 2.05) is 0 Å². The van der Waals surface area contributed by atoms with Crippen molar-refractivity contribution in [3.63, 3.8) is 0 Å². The van der Waals surface area contributed by atoms with E-state index in [-0.39, 0.29) is 29.5 Å². The minimum absolute atomic E-state index is 0.00756. The Kier molecular flexibility index (Phi) is 8.04. The largest absolute Gasteiger partial charge is 0.467 e. The lowest BCUT2D eigenvalue weighted by atomic mass is 10.2. The van der Waals surface area contributed by atoms with E-state index < -0.39 is 24.3 Å². The monoisotopic (exact) mass is 456 g/mol. The van der Waals surface area contributed by atoms with Gasteiger partial charge in [-0.05, 0) is 48.9 Å². The van der Waals surface area contributed by atoms with Crippen molar-refractivity contribution in [3.8, 4) is 0 Å². The summed E-state index contributed by atoms with van der Waals surface area (Å²) < 4.78 is 24.1. The first kappa shape index (κ1) is 23.1. The molecule has 0 spiro atoms. The van der Waals surface area contributed by atoms with Crippen molar-refractivity contribution in [2.24, 2.45) is 0 Å². The number of anilines is 1. The summed E-state index contributed by atoms with van der Waals surface area (Å²) in [6.07, 6.45) is 1.52. The van der Waals surface area contributed by atoms with E-state index >= 15 is 0 Å². The Bertz CT molecular complexity index is 1100. The second-order valence-electron chi connectivity index (χ2n) is 6.75. The van der Waals surface area contributed by atoms with E-state index in [1.165, 1.54) is 30.2 Å². The van der Waals surface area contributed by atoms with E-state index in [0.29, 0.717) is 10.7 Å².